The van der Waals surface area contributed by atoms with E-state index in [0.29, 0.717) is 30.4 Å². The fraction of sp³-hybridized carbons (Fsp3) is 0.400. The number of halogens is 2. The van der Waals surface area contributed by atoms with Crippen LogP contribution < -0.4 is 5.32 Å². The van der Waals surface area contributed by atoms with Crippen molar-refractivity contribution < 1.29 is 23.8 Å². The third-order valence-electron chi connectivity index (χ3n) is 5.41. The van der Waals surface area contributed by atoms with E-state index in [1.54, 1.807) is 0 Å². The van der Waals surface area contributed by atoms with Crippen LogP contribution in [0.3, 0.4) is 0 Å². The molecule has 1 atom stereocenters. The molecule has 1 aromatic carbocycles. The highest BCUT2D eigenvalue weighted by Crippen LogP contribution is 2.34. The van der Waals surface area contributed by atoms with Crippen LogP contribution in [-0.4, -0.2) is 57.1 Å². The zero-order valence-corrected chi connectivity index (χ0v) is 16.9. The van der Waals surface area contributed by atoms with Crippen LogP contribution in [0.2, 0.25) is 5.02 Å². The number of carbonyl (C=O) groups excluding carboxylic acids is 1. The first-order valence-corrected chi connectivity index (χ1v) is 9.96. The van der Waals surface area contributed by atoms with Crippen molar-refractivity contribution in [2.24, 2.45) is 0 Å². The number of hydrogen-bond acceptors (Lipinski definition) is 6. The minimum atomic E-state index is -1.15. The third kappa shape index (κ3) is 3.82. The average Bonchev–Trinajstić information content (AvgIpc) is 3.06. The summed E-state index contributed by atoms with van der Waals surface area (Å²) in [5.74, 6) is -1.94. The van der Waals surface area contributed by atoms with Gasteiger partial charge in [-0.05, 0) is 31.9 Å². The van der Waals surface area contributed by atoms with Gasteiger partial charge in [0.2, 0.25) is 5.95 Å². The quantitative estimate of drug-likeness (QED) is 0.745. The smallest absolute Gasteiger partial charge is 0.326 e. The van der Waals surface area contributed by atoms with Crippen molar-refractivity contribution >= 4 is 29.4 Å². The maximum absolute atomic E-state index is 14.8. The Balaban J connectivity index is 1.66. The number of ether oxygens (including phenoxy) is 1. The molecule has 0 radical (unpaired) electrons. The summed E-state index contributed by atoms with van der Waals surface area (Å²) in [4.78, 5) is 33.7. The van der Waals surface area contributed by atoms with E-state index >= 15 is 0 Å². The minimum Gasteiger partial charge on any atom is -0.480 e. The Bertz CT molecular complexity index is 1010. The molecule has 0 spiro atoms. The van der Waals surface area contributed by atoms with E-state index in [1.807, 2.05) is 0 Å². The Morgan fingerprint density at radius 1 is 1.40 bits per heavy atom. The number of carboxylic acids is 1. The van der Waals surface area contributed by atoms with Crippen LogP contribution in [0.25, 0.3) is 11.3 Å². The molecule has 30 heavy (non-hydrogen) atoms. The Hall–Kier alpha value is -2.78. The predicted molar refractivity (Wildman–Crippen MR) is 107 cm³/mol. The van der Waals surface area contributed by atoms with E-state index in [1.165, 1.54) is 25.3 Å². The molecule has 3 heterocycles. The lowest BCUT2D eigenvalue weighted by Gasteiger charge is -2.23. The van der Waals surface area contributed by atoms with Gasteiger partial charge in [0, 0.05) is 35.9 Å². The monoisotopic (exact) mass is 434 g/mol. The molecule has 1 saturated heterocycles. The van der Waals surface area contributed by atoms with Crippen LogP contribution in [-0.2, 0) is 16.1 Å². The molecule has 0 aliphatic carbocycles. The summed E-state index contributed by atoms with van der Waals surface area (Å²) in [5, 5.41) is 12.7. The molecule has 0 saturated carbocycles. The molecule has 2 aliphatic rings. The van der Waals surface area contributed by atoms with Gasteiger partial charge in [-0.3, -0.25) is 4.79 Å². The highest BCUT2D eigenvalue weighted by atomic mass is 35.5. The van der Waals surface area contributed by atoms with E-state index in [0.717, 1.165) is 17.7 Å². The van der Waals surface area contributed by atoms with E-state index in [2.05, 4.69) is 15.3 Å². The second-order valence-corrected chi connectivity index (χ2v) is 7.76. The van der Waals surface area contributed by atoms with Crippen LogP contribution in [0.1, 0.15) is 35.7 Å². The molecule has 0 bridgehead atoms. The highest BCUT2D eigenvalue weighted by Gasteiger charge is 2.36. The summed E-state index contributed by atoms with van der Waals surface area (Å²) < 4.78 is 20.2. The highest BCUT2D eigenvalue weighted by molar-refractivity contribution is 6.33. The first-order chi connectivity index (χ1) is 14.3. The maximum Gasteiger partial charge on any atom is 0.326 e. The van der Waals surface area contributed by atoms with Gasteiger partial charge in [-0.25, -0.2) is 19.2 Å². The lowest BCUT2D eigenvalue weighted by atomic mass is 10.0. The number of nitrogens with one attached hydrogen (secondary N) is 1. The molecule has 2 aliphatic heterocycles. The molecule has 1 aromatic heterocycles. The zero-order valence-electron chi connectivity index (χ0n) is 16.2. The molecule has 8 nitrogen and oxygen atoms in total. The van der Waals surface area contributed by atoms with Gasteiger partial charge in [0.1, 0.15) is 11.9 Å². The second kappa shape index (κ2) is 8.16. The Kier molecular flexibility index (Phi) is 5.57. The van der Waals surface area contributed by atoms with Crippen molar-refractivity contribution in [1.29, 1.82) is 0 Å². The maximum atomic E-state index is 14.8. The number of fused-ring (bicyclic) bond motifs is 1. The molecule has 1 unspecified atom stereocenters. The second-order valence-electron chi connectivity index (χ2n) is 7.35. The summed E-state index contributed by atoms with van der Waals surface area (Å²) in [5.41, 5.74) is 0.904. The number of carboxylic acid groups (broad SMARTS) is 1. The summed E-state index contributed by atoms with van der Waals surface area (Å²) in [6.45, 7) is 2.60. The lowest BCUT2D eigenvalue weighted by Crippen LogP contribution is -2.38. The van der Waals surface area contributed by atoms with Crippen molar-refractivity contribution in [3.05, 3.63) is 40.3 Å². The number of hydrogen-bond donors (Lipinski definition) is 2. The van der Waals surface area contributed by atoms with Crippen molar-refractivity contribution in [2.75, 3.05) is 18.5 Å². The predicted octanol–water partition coefficient (Wildman–Crippen LogP) is 2.96. The summed E-state index contributed by atoms with van der Waals surface area (Å²) in [6, 6.07) is 1.86. The van der Waals surface area contributed by atoms with Gasteiger partial charge in [0.15, 0.2) is 0 Å². The van der Waals surface area contributed by atoms with Gasteiger partial charge in [-0.1, -0.05) is 11.6 Å². The summed E-state index contributed by atoms with van der Waals surface area (Å²) >= 11 is 6.27. The minimum absolute atomic E-state index is 0.0954. The molecule has 1 fully saturated rings. The lowest BCUT2D eigenvalue weighted by molar-refractivity contribution is -0.141. The van der Waals surface area contributed by atoms with Crippen molar-refractivity contribution in [1.82, 2.24) is 14.9 Å². The third-order valence-corrected chi connectivity index (χ3v) is 5.69. The fourth-order valence-corrected chi connectivity index (χ4v) is 3.83. The van der Waals surface area contributed by atoms with E-state index in [-0.39, 0.29) is 28.7 Å². The molecular weight excluding hydrogens is 415 g/mol. The molecular formula is C20H20ClFN4O4. The average molecular weight is 435 g/mol. The number of nitrogens with zero attached hydrogens (tertiary/aromatic N) is 3. The number of rotatable bonds is 5. The number of amides is 1. The number of anilines is 1. The van der Waals surface area contributed by atoms with Crippen LogP contribution in [0.5, 0.6) is 0 Å². The van der Waals surface area contributed by atoms with Crippen LogP contribution in [0.4, 0.5) is 10.3 Å². The number of carbonyl (C=O) groups is 2. The number of benzene rings is 1. The number of aromatic nitrogens is 2. The topological polar surface area (TPSA) is 105 Å². The fourth-order valence-electron chi connectivity index (χ4n) is 3.63. The van der Waals surface area contributed by atoms with E-state index in [4.69, 9.17) is 16.3 Å². The standard InChI is InChI=1S/C20H20ClFN4O4/c1-10(19(28)29)26-9-14-13(18(26)27)6-11(7-16(14)22)17-15(21)8-23-20(25-17)24-12-2-4-30-5-3-12/h6-8,10,12H,2-5,9H2,1H3,(H,28,29)(H,23,24,25). The van der Waals surface area contributed by atoms with E-state index in [9.17, 15) is 19.1 Å². The van der Waals surface area contributed by atoms with Gasteiger partial charge in [-0.2, -0.15) is 0 Å². The largest absolute Gasteiger partial charge is 0.480 e. The Labute approximate surface area is 177 Å². The normalized spacial score (nSPS) is 17.7. The molecule has 2 aromatic rings. The Morgan fingerprint density at radius 3 is 2.83 bits per heavy atom. The number of aliphatic carboxylic acids is 1. The van der Waals surface area contributed by atoms with Gasteiger partial charge >= 0.3 is 5.97 Å². The molecule has 158 valence electrons. The first-order valence-electron chi connectivity index (χ1n) is 9.58. The van der Waals surface area contributed by atoms with Gasteiger partial charge in [-0.15, -0.1) is 0 Å². The SMILES string of the molecule is CC(C(=O)O)N1Cc2c(F)cc(-c3nc(NC4CCOCC4)ncc3Cl)cc2C1=O. The van der Waals surface area contributed by atoms with Crippen LogP contribution >= 0.6 is 11.6 Å². The van der Waals surface area contributed by atoms with Crippen molar-refractivity contribution in [3.8, 4) is 11.3 Å². The molecule has 4 rings (SSSR count). The summed E-state index contributed by atoms with van der Waals surface area (Å²) in [6.07, 6.45) is 3.07. The molecule has 1 amide bonds. The van der Waals surface area contributed by atoms with Crippen molar-refractivity contribution in [3.63, 3.8) is 0 Å². The molecule has 2 N–H and O–H groups in total. The first kappa shape index (κ1) is 20.5. The van der Waals surface area contributed by atoms with Crippen molar-refractivity contribution in [2.45, 2.75) is 38.4 Å². The van der Waals surface area contributed by atoms with Crippen LogP contribution in [0, 0.1) is 5.82 Å². The Morgan fingerprint density at radius 2 is 2.13 bits per heavy atom. The summed E-state index contributed by atoms with van der Waals surface area (Å²) in [7, 11) is 0. The molecule has 10 heteroatoms. The van der Waals surface area contributed by atoms with Gasteiger partial charge < -0.3 is 20.1 Å². The van der Waals surface area contributed by atoms with Gasteiger partial charge in [0.05, 0.1) is 23.5 Å². The van der Waals surface area contributed by atoms with Gasteiger partial charge in [0.25, 0.3) is 5.91 Å². The van der Waals surface area contributed by atoms with Crippen LogP contribution in [0.15, 0.2) is 18.3 Å². The zero-order chi connectivity index (χ0) is 21.4. The van der Waals surface area contributed by atoms with E-state index < -0.39 is 23.7 Å².